The number of aromatic nitrogens is 1. The van der Waals surface area contributed by atoms with Crippen LogP contribution in [0.2, 0.25) is 0 Å². The summed E-state index contributed by atoms with van der Waals surface area (Å²) in [7, 11) is 1.73. The molecule has 1 fully saturated rings. The lowest BCUT2D eigenvalue weighted by molar-refractivity contribution is 0.285. The Kier molecular flexibility index (Phi) is 6.66. The van der Waals surface area contributed by atoms with E-state index in [1.807, 2.05) is 19.9 Å². The third-order valence-electron chi connectivity index (χ3n) is 4.54. The molecule has 0 bridgehead atoms. The van der Waals surface area contributed by atoms with Gasteiger partial charge < -0.3 is 15.4 Å². The number of aryl methyl sites for hydroxylation is 1. The number of ether oxygens (including phenoxy) is 1. The van der Waals surface area contributed by atoms with E-state index in [2.05, 4.69) is 26.0 Å². The molecule has 1 aliphatic carbocycles. The minimum atomic E-state index is -0.316. The first-order chi connectivity index (χ1) is 13.0. The first-order valence-electron chi connectivity index (χ1n) is 9.35. The van der Waals surface area contributed by atoms with Gasteiger partial charge in [0.05, 0.1) is 23.4 Å². The molecular weight excluding hydrogens is 363 g/mol. The lowest BCUT2D eigenvalue weighted by Gasteiger charge is -2.19. The zero-order valence-electron chi connectivity index (χ0n) is 16.1. The highest BCUT2D eigenvalue weighted by Gasteiger charge is 2.22. The highest BCUT2D eigenvalue weighted by molar-refractivity contribution is 7.09. The normalized spacial score (nSPS) is 15.5. The Labute approximate surface area is 164 Å². The largest absolute Gasteiger partial charge is 0.490 e. The summed E-state index contributed by atoms with van der Waals surface area (Å²) >= 11 is 1.66. The van der Waals surface area contributed by atoms with Gasteiger partial charge in [-0.2, -0.15) is 0 Å². The van der Waals surface area contributed by atoms with Crippen molar-refractivity contribution >= 4 is 17.3 Å². The zero-order chi connectivity index (χ0) is 19.2. The van der Waals surface area contributed by atoms with E-state index >= 15 is 0 Å². The summed E-state index contributed by atoms with van der Waals surface area (Å²) in [5.41, 5.74) is 1.93. The summed E-state index contributed by atoms with van der Waals surface area (Å²) in [6.07, 6.45) is 3.21. The monoisotopic (exact) mass is 390 g/mol. The summed E-state index contributed by atoms with van der Waals surface area (Å²) in [6, 6.07) is 5.07. The van der Waals surface area contributed by atoms with Crippen molar-refractivity contribution in [1.29, 1.82) is 0 Å². The predicted molar refractivity (Wildman–Crippen MR) is 108 cm³/mol. The van der Waals surface area contributed by atoms with Crippen LogP contribution in [0.5, 0.6) is 5.75 Å². The zero-order valence-corrected chi connectivity index (χ0v) is 16.9. The number of thiazole rings is 1. The molecule has 2 N–H and O–H groups in total. The minimum absolute atomic E-state index is 0.0790. The van der Waals surface area contributed by atoms with Crippen LogP contribution >= 0.6 is 11.3 Å². The molecule has 27 heavy (non-hydrogen) atoms. The van der Waals surface area contributed by atoms with Gasteiger partial charge in [0.2, 0.25) is 0 Å². The van der Waals surface area contributed by atoms with Gasteiger partial charge in [-0.3, -0.25) is 4.99 Å². The van der Waals surface area contributed by atoms with E-state index < -0.39 is 0 Å². The molecule has 1 unspecified atom stereocenters. The molecule has 0 radical (unpaired) electrons. The number of hydrogen-bond acceptors (Lipinski definition) is 4. The van der Waals surface area contributed by atoms with E-state index in [4.69, 9.17) is 4.74 Å². The highest BCUT2D eigenvalue weighted by Crippen LogP contribution is 2.30. The number of guanidine groups is 1. The molecule has 146 valence electrons. The molecule has 7 heteroatoms. The Hall–Kier alpha value is -2.15. The smallest absolute Gasteiger partial charge is 0.191 e. The average Bonchev–Trinajstić information content (AvgIpc) is 3.40. The minimum Gasteiger partial charge on any atom is -0.490 e. The van der Waals surface area contributed by atoms with Crippen molar-refractivity contribution in [3.05, 3.63) is 45.7 Å². The second-order valence-corrected chi connectivity index (χ2v) is 7.98. The van der Waals surface area contributed by atoms with Crippen LogP contribution in [-0.4, -0.2) is 31.1 Å². The molecule has 1 aliphatic rings. The van der Waals surface area contributed by atoms with E-state index in [-0.39, 0.29) is 11.9 Å². The molecule has 5 nitrogen and oxygen atoms in total. The average molecular weight is 391 g/mol. The standard InChI is InChI=1S/C20H27FN4OS/c1-13(16-6-7-19(18(21)10-16)26-11-15-4-5-15)24-20(22-3)23-9-8-17-12-27-14(2)25-17/h6-7,10,12-13,15H,4-5,8-9,11H2,1-3H3,(H2,22,23,24). The van der Waals surface area contributed by atoms with E-state index in [9.17, 15) is 4.39 Å². The van der Waals surface area contributed by atoms with Crippen LogP contribution in [0.25, 0.3) is 0 Å². The molecule has 0 spiro atoms. The Balaban J connectivity index is 1.49. The molecule has 1 aromatic heterocycles. The number of halogens is 1. The van der Waals surface area contributed by atoms with Crippen LogP contribution in [-0.2, 0) is 6.42 Å². The fourth-order valence-electron chi connectivity index (χ4n) is 2.71. The van der Waals surface area contributed by atoms with E-state index in [1.54, 1.807) is 24.5 Å². The van der Waals surface area contributed by atoms with Crippen molar-refractivity contribution in [2.75, 3.05) is 20.2 Å². The van der Waals surface area contributed by atoms with Crippen molar-refractivity contribution in [2.45, 2.75) is 39.2 Å². The third kappa shape index (κ3) is 5.92. The van der Waals surface area contributed by atoms with Gasteiger partial charge in [-0.1, -0.05) is 6.07 Å². The molecule has 0 saturated heterocycles. The predicted octanol–water partition coefficient (Wildman–Crippen LogP) is 3.85. The fourth-order valence-corrected chi connectivity index (χ4v) is 3.36. The van der Waals surface area contributed by atoms with Crippen LogP contribution in [0, 0.1) is 18.7 Å². The lowest BCUT2D eigenvalue weighted by Crippen LogP contribution is -2.39. The molecule has 0 amide bonds. The van der Waals surface area contributed by atoms with Gasteiger partial charge in [-0.15, -0.1) is 11.3 Å². The molecule has 2 aromatic rings. The molecule has 0 aliphatic heterocycles. The summed E-state index contributed by atoms with van der Waals surface area (Å²) < 4.78 is 19.8. The summed E-state index contributed by atoms with van der Waals surface area (Å²) in [6.45, 7) is 5.33. The number of hydrogen-bond donors (Lipinski definition) is 2. The van der Waals surface area contributed by atoms with E-state index in [1.165, 1.54) is 18.9 Å². The maximum Gasteiger partial charge on any atom is 0.191 e. The molecule has 1 saturated carbocycles. The molecular formula is C20H27FN4OS. The van der Waals surface area contributed by atoms with Crippen molar-refractivity contribution in [2.24, 2.45) is 10.9 Å². The number of benzene rings is 1. The van der Waals surface area contributed by atoms with Gasteiger partial charge in [0.1, 0.15) is 0 Å². The van der Waals surface area contributed by atoms with Gasteiger partial charge in [-0.05, 0) is 50.3 Å². The van der Waals surface area contributed by atoms with Gasteiger partial charge in [-0.25, -0.2) is 9.37 Å². The third-order valence-corrected chi connectivity index (χ3v) is 5.37. The Morgan fingerprint density at radius 2 is 2.26 bits per heavy atom. The van der Waals surface area contributed by atoms with Crippen molar-refractivity contribution in [3.8, 4) is 5.75 Å². The Bertz CT molecular complexity index is 788. The number of nitrogens with zero attached hydrogens (tertiary/aromatic N) is 2. The quantitative estimate of drug-likeness (QED) is 0.531. The molecule has 1 heterocycles. The van der Waals surface area contributed by atoms with Gasteiger partial charge in [0, 0.05) is 25.4 Å². The van der Waals surface area contributed by atoms with E-state index in [0.29, 0.717) is 24.2 Å². The SMILES string of the molecule is CN=C(NCCc1csc(C)n1)NC(C)c1ccc(OCC2CC2)c(F)c1. The molecule has 1 atom stereocenters. The van der Waals surface area contributed by atoms with Crippen LogP contribution < -0.4 is 15.4 Å². The van der Waals surface area contributed by atoms with Crippen molar-refractivity contribution in [3.63, 3.8) is 0 Å². The number of nitrogens with one attached hydrogen (secondary N) is 2. The van der Waals surface area contributed by atoms with Gasteiger partial charge in [0.25, 0.3) is 0 Å². The first-order valence-corrected chi connectivity index (χ1v) is 10.2. The lowest BCUT2D eigenvalue weighted by atomic mass is 10.1. The second kappa shape index (κ2) is 9.17. The van der Waals surface area contributed by atoms with Crippen molar-refractivity contribution < 1.29 is 9.13 Å². The van der Waals surface area contributed by atoms with Crippen LogP contribution in [0.4, 0.5) is 4.39 Å². The summed E-state index contributed by atoms with van der Waals surface area (Å²) in [4.78, 5) is 8.70. The maximum atomic E-state index is 14.3. The van der Waals surface area contributed by atoms with Crippen LogP contribution in [0.15, 0.2) is 28.6 Å². The fraction of sp³-hybridized carbons (Fsp3) is 0.500. The van der Waals surface area contributed by atoms with Crippen LogP contribution in [0.1, 0.15) is 42.1 Å². The van der Waals surface area contributed by atoms with E-state index in [0.717, 1.165) is 29.2 Å². The summed E-state index contributed by atoms with van der Waals surface area (Å²) in [5.74, 6) is 1.30. The first kappa shape index (κ1) is 19.6. The second-order valence-electron chi connectivity index (χ2n) is 6.92. The number of rotatable bonds is 8. The maximum absolute atomic E-state index is 14.3. The number of aliphatic imine (C=N–C) groups is 1. The topological polar surface area (TPSA) is 58.5 Å². The Morgan fingerprint density at radius 3 is 2.89 bits per heavy atom. The van der Waals surface area contributed by atoms with Gasteiger partial charge >= 0.3 is 0 Å². The molecule has 1 aromatic carbocycles. The Morgan fingerprint density at radius 1 is 1.44 bits per heavy atom. The molecule has 3 rings (SSSR count). The van der Waals surface area contributed by atoms with Crippen molar-refractivity contribution in [1.82, 2.24) is 15.6 Å². The van der Waals surface area contributed by atoms with Crippen LogP contribution in [0.3, 0.4) is 0 Å². The van der Waals surface area contributed by atoms with Gasteiger partial charge in [0.15, 0.2) is 17.5 Å². The highest BCUT2D eigenvalue weighted by atomic mass is 32.1. The summed E-state index contributed by atoms with van der Waals surface area (Å²) in [5, 5.41) is 9.72.